The Bertz CT molecular complexity index is 1190. The van der Waals surface area contributed by atoms with Crippen molar-refractivity contribution in [2.45, 2.75) is 31.4 Å². The van der Waals surface area contributed by atoms with Crippen LogP contribution in [0.25, 0.3) is 11.1 Å². The number of pyridine rings is 1. The van der Waals surface area contributed by atoms with Crippen molar-refractivity contribution in [3.63, 3.8) is 0 Å². The summed E-state index contributed by atoms with van der Waals surface area (Å²) in [6, 6.07) is 3.11. The topological polar surface area (TPSA) is 83.9 Å². The van der Waals surface area contributed by atoms with Crippen molar-refractivity contribution < 1.29 is 30.8 Å². The summed E-state index contributed by atoms with van der Waals surface area (Å²) in [5.41, 5.74) is -0.155. The first kappa shape index (κ1) is 23.7. The molecule has 1 unspecified atom stereocenters. The summed E-state index contributed by atoms with van der Waals surface area (Å²) in [4.78, 5) is 10.8. The van der Waals surface area contributed by atoms with Crippen LogP contribution in [0.4, 0.5) is 17.6 Å². The quantitative estimate of drug-likeness (QED) is 0.625. The van der Waals surface area contributed by atoms with Gasteiger partial charge >= 0.3 is 0 Å². The van der Waals surface area contributed by atoms with Crippen molar-refractivity contribution in [3.8, 4) is 11.1 Å². The predicted octanol–water partition coefficient (Wildman–Crippen LogP) is 3.71. The van der Waals surface area contributed by atoms with Crippen molar-refractivity contribution in [2.75, 3.05) is 18.8 Å². The van der Waals surface area contributed by atoms with Crippen LogP contribution in [0.3, 0.4) is 0 Å². The number of oxime groups is 1. The van der Waals surface area contributed by atoms with E-state index in [2.05, 4.69) is 10.1 Å². The molecular formula is C20H19ClF4N4O3S. The average molecular weight is 507 g/mol. The van der Waals surface area contributed by atoms with Crippen LogP contribution in [0, 0.1) is 11.6 Å². The molecule has 2 aliphatic rings. The Hall–Kier alpha value is -2.44. The third-order valence-electron chi connectivity index (χ3n) is 5.46. The Morgan fingerprint density at radius 2 is 2.00 bits per heavy atom. The highest BCUT2D eigenvalue weighted by molar-refractivity contribution is 7.89. The Morgan fingerprint density at radius 1 is 1.30 bits per heavy atom. The number of hydrogen-bond donors (Lipinski definition) is 1. The van der Waals surface area contributed by atoms with Crippen molar-refractivity contribution in [2.24, 2.45) is 5.16 Å². The van der Waals surface area contributed by atoms with Gasteiger partial charge in [-0.15, -0.1) is 0 Å². The molecule has 0 amide bonds. The van der Waals surface area contributed by atoms with Crippen LogP contribution in [-0.4, -0.2) is 54.9 Å². The van der Waals surface area contributed by atoms with E-state index in [4.69, 9.17) is 16.4 Å². The molecule has 1 fully saturated rings. The van der Waals surface area contributed by atoms with E-state index in [0.717, 1.165) is 12.1 Å². The van der Waals surface area contributed by atoms with Gasteiger partial charge in [-0.1, -0.05) is 22.8 Å². The third kappa shape index (κ3) is 4.78. The largest absolute Gasteiger partial charge is 0.384 e. The molecule has 0 saturated carbocycles. The highest BCUT2D eigenvalue weighted by atomic mass is 35.5. The molecule has 1 N–H and O–H groups in total. The first-order valence-corrected chi connectivity index (χ1v) is 12.0. The number of nitrogens with zero attached hydrogens (tertiary/aromatic N) is 3. The molecule has 2 aliphatic heterocycles. The van der Waals surface area contributed by atoms with Crippen molar-refractivity contribution in [1.29, 1.82) is 0 Å². The van der Waals surface area contributed by atoms with Gasteiger partial charge in [0.1, 0.15) is 23.5 Å². The molecule has 7 nitrogen and oxygen atoms in total. The molecule has 3 heterocycles. The Labute approximate surface area is 192 Å². The number of benzene rings is 1. The Balaban J connectivity index is 1.57. The van der Waals surface area contributed by atoms with E-state index in [1.54, 1.807) is 0 Å². The molecule has 33 heavy (non-hydrogen) atoms. The molecule has 1 saturated heterocycles. The van der Waals surface area contributed by atoms with Crippen molar-refractivity contribution in [1.82, 2.24) is 14.6 Å². The zero-order valence-electron chi connectivity index (χ0n) is 17.2. The Kier molecular flexibility index (Phi) is 6.27. The van der Waals surface area contributed by atoms with Crippen LogP contribution in [0.2, 0.25) is 5.02 Å². The molecule has 1 aromatic heterocycles. The summed E-state index contributed by atoms with van der Waals surface area (Å²) in [5.74, 6) is -5.17. The molecule has 13 heteroatoms. The van der Waals surface area contributed by atoms with Crippen LogP contribution in [0.5, 0.6) is 0 Å². The van der Waals surface area contributed by atoms with Gasteiger partial charge in [-0.25, -0.2) is 30.7 Å². The smallest absolute Gasteiger partial charge is 0.282 e. The fourth-order valence-electron chi connectivity index (χ4n) is 3.76. The van der Waals surface area contributed by atoms with E-state index >= 15 is 0 Å². The van der Waals surface area contributed by atoms with Crippen LogP contribution < -0.4 is 4.72 Å². The highest BCUT2D eigenvalue weighted by Crippen LogP contribution is 2.39. The maximum Gasteiger partial charge on any atom is 0.282 e. The molecule has 0 radical (unpaired) electrons. The van der Waals surface area contributed by atoms with E-state index in [1.165, 1.54) is 30.2 Å². The normalized spacial score (nSPS) is 22.4. The lowest BCUT2D eigenvalue weighted by molar-refractivity contribution is -0.00126. The molecule has 4 rings (SSSR count). The van der Waals surface area contributed by atoms with Gasteiger partial charge < -0.3 is 9.74 Å². The van der Waals surface area contributed by atoms with Gasteiger partial charge in [0.05, 0.1) is 35.0 Å². The number of hydrogen-bond acceptors (Lipinski definition) is 6. The minimum absolute atomic E-state index is 0.0129. The van der Waals surface area contributed by atoms with E-state index in [1.807, 2.05) is 4.72 Å². The highest BCUT2D eigenvalue weighted by Gasteiger charge is 2.51. The fraction of sp³-hybridized carbons (Fsp3) is 0.400. The van der Waals surface area contributed by atoms with Crippen LogP contribution in [0.1, 0.15) is 25.1 Å². The molecule has 1 aromatic carbocycles. The average Bonchev–Trinajstić information content (AvgIpc) is 3.33. The fourth-order valence-corrected chi connectivity index (χ4v) is 4.77. The van der Waals surface area contributed by atoms with E-state index in [9.17, 15) is 26.0 Å². The van der Waals surface area contributed by atoms with Gasteiger partial charge in [0.2, 0.25) is 10.0 Å². The standard InChI is InChI=1S/C20H19ClF4N4O3S/c1-2-33(30,31)28-16-9-29(10-20(16,24)25)17-7-15(32-27-17)19-12(6-11(21)8-26-19)18-13(22)4-3-5-14(18)23/h3-6,8,15-16,28H,2,7,9-10H2,1H3/t15?,16-/m1/s1. The number of sulfonamides is 1. The van der Waals surface area contributed by atoms with Crippen molar-refractivity contribution >= 4 is 27.5 Å². The maximum atomic E-state index is 14.4. The number of alkyl halides is 2. The summed E-state index contributed by atoms with van der Waals surface area (Å²) in [5, 5.41) is 4.01. The zero-order chi connectivity index (χ0) is 24.0. The minimum Gasteiger partial charge on any atom is -0.384 e. The lowest BCUT2D eigenvalue weighted by Crippen LogP contribution is -2.47. The summed E-state index contributed by atoms with van der Waals surface area (Å²) in [6.07, 6.45) is 0.354. The molecule has 0 bridgehead atoms. The third-order valence-corrected chi connectivity index (χ3v) is 7.07. The summed E-state index contributed by atoms with van der Waals surface area (Å²) in [7, 11) is -3.84. The van der Waals surface area contributed by atoms with Gasteiger partial charge in [0.25, 0.3) is 5.92 Å². The van der Waals surface area contributed by atoms with Gasteiger partial charge in [-0.3, -0.25) is 4.98 Å². The van der Waals surface area contributed by atoms with Crippen LogP contribution >= 0.6 is 11.6 Å². The van der Waals surface area contributed by atoms with E-state index in [-0.39, 0.29) is 46.4 Å². The van der Waals surface area contributed by atoms with E-state index in [0.29, 0.717) is 0 Å². The van der Waals surface area contributed by atoms with Crippen LogP contribution in [-0.2, 0) is 14.9 Å². The van der Waals surface area contributed by atoms with Crippen molar-refractivity contribution in [3.05, 3.63) is 52.8 Å². The molecule has 2 aromatic rings. The first-order valence-electron chi connectivity index (χ1n) is 9.96. The summed E-state index contributed by atoms with van der Waals surface area (Å²) >= 11 is 6.00. The van der Waals surface area contributed by atoms with Gasteiger partial charge in [-0.2, -0.15) is 0 Å². The zero-order valence-corrected chi connectivity index (χ0v) is 18.8. The molecule has 2 atom stereocenters. The predicted molar refractivity (Wildman–Crippen MR) is 113 cm³/mol. The second-order valence-corrected chi connectivity index (χ2v) is 10.2. The number of rotatable bonds is 5. The Morgan fingerprint density at radius 3 is 2.67 bits per heavy atom. The summed E-state index contributed by atoms with van der Waals surface area (Å²) < 4.78 is 83.3. The maximum absolute atomic E-state index is 14.4. The lowest BCUT2D eigenvalue weighted by atomic mass is 9.98. The second-order valence-electron chi connectivity index (χ2n) is 7.70. The van der Waals surface area contributed by atoms with Gasteiger partial charge in [0.15, 0.2) is 6.10 Å². The molecular weight excluding hydrogens is 488 g/mol. The minimum atomic E-state index is -3.84. The van der Waals surface area contributed by atoms with Gasteiger partial charge in [0, 0.05) is 18.3 Å². The molecule has 0 spiro atoms. The number of aromatic nitrogens is 1. The number of likely N-dealkylation sites (tertiary alicyclic amines) is 1. The molecule has 0 aliphatic carbocycles. The molecule has 178 valence electrons. The number of nitrogens with one attached hydrogen (secondary N) is 1. The number of halogens is 5. The van der Waals surface area contributed by atoms with E-state index < -0.39 is 46.3 Å². The van der Waals surface area contributed by atoms with Crippen LogP contribution in [0.15, 0.2) is 35.6 Å². The first-order chi connectivity index (χ1) is 15.5. The summed E-state index contributed by atoms with van der Waals surface area (Å²) in [6.45, 7) is 0.271. The SMILES string of the molecule is CCS(=O)(=O)N[C@@H]1CN(C2=NOC(c3ncc(Cl)cc3-c3c(F)cccc3F)C2)CC1(F)F. The monoisotopic (exact) mass is 506 g/mol. The second kappa shape index (κ2) is 8.73. The lowest BCUT2D eigenvalue weighted by Gasteiger charge is -2.17. The van der Waals surface area contributed by atoms with Gasteiger partial charge in [-0.05, 0) is 25.1 Å². The number of amidine groups is 1.